The maximum atomic E-state index is 9.75. The van der Waals surface area contributed by atoms with E-state index in [9.17, 15) is 10.7 Å². The summed E-state index contributed by atoms with van der Waals surface area (Å²) in [6.07, 6.45) is -0.0281. The van der Waals surface area contributed by atoms with Crippen LogP contribution in [0, 0.1) is 18.2 Å². The lowest BCUT2D eigenvalue weighted by Crippen LogP contribution is -2.23. The molecule has 0 saturated heterocycles. The predicted octanol–water partition coefficient (Wildman–Crippen LogP) is 13.8. The van der Waals surface area contributed by atoms with Gasteiger partial charge in [0.05, 0.1) is 31.5 Å². The van der Waals surface area contributed by atoms with Crippen molar-refractivity contribution in [2.24, 2.45) is 0 Å². The van der Waals surface area contributed by atoms with Gasteiger partial charge in [0, 0.05) is 55.6 Å². The molecule has 62 heavy (non-hydrogen) atoms. The van der Waals surface area contributed by atoms with Crippen molar-refractivity contribution in [3.63, 3.8) is 0 Å². The zero-order chi connectivity index (χ0) is 50.7. The highest BCUT2D eigenvalue weighted by molar-refractivity contribution is 6.09. The molecule has 304 valence electrons. The minimum absolute atomic E-state index is 0.0426. The highest BCUT2D eigenvalue weighted by Crippen LogP contribution is 2.37. The molecule has 0 spiro atoms. The Morgan fingerprint density at radius 1 is 0.629 bits per heavy atom. The van der Waals surface area contributed by atoms with Crippen molar-refractivity contribution in [3.05, 3.63) is 209 Å². The molecule has 0 atom stereocenters. The van der Waals surface area contributed by atoms with Gasteiger partial charge in [-0.15, -0.1) is 0 Å². The van der Waals surface area contributed by atoms with E-state index in [1.807, 2.05) is 91.3 Å². The maximum Gasteiger partial charge on any atom is 0.144 e. The fourth-order valence-corrected chi connectivity index (χ4v) is 8.18. The molecule has 9 rings (SSSR count). The van der Waals surface area contributed by atoms with Crippen molar-refractivity contribution in [2.45, 2.75) is 71.0 Å². The van der Waals surface area contributed by atoms with Gasteiger partial charge < -0.3 is 4.42 Å². The van der Waals surface area contributed by atoms with E-state index in [0.29, 0.717) is 29.2 Å². The number of furan rings is 1. The average molecular weight is 816 g/mol. The van der Waals surface area contributed by atoms with Gasteiger partial charge in [-0.2, -0.15) is 5.26 Å². The second-order valence-corrected chi connectivity index (χ2v) is 17.0. The van der Waals surface area contributed by atoms with Crippen LogP contribution in [-0.4, -0.2) is 15.0 Å². The highest BCUT2D eigenvalue weighted by atomic mass is 16.3. The predicted molar refractivity (Wildman–Crippen MR) is 253 cm³/mol. The molecular formula is C57H50N4O. The van der Waals surface area contributed by atoms with Crippen molar-refractivity contribution in [3.8, 4) is 39.8 Å². The number of para-hydroxylation sites is 1. The third-order valence-corrected chi connectivity index (χ3v) is 11.6. The molecule has 4 aromatic heterocycles. The summed E-state index contributed by atoms with van der Waals surface area (Å²) in [6, 6.07) is 42.6. The summed E-state index contributed by atoms with van der Waals surface area (Å²) in [5.74, 6) is 0. The smallest absolute Gasteiger partial charge is 0.144 e. The van der Waals surface area contributed by atoms with Crippen LogP contribution in [0.2, 0.25) is 0 Å². The molecule has 0 bridgehead atoms. The van der Waals surface area contributed by atoms with Gasteiger partial charge in [0.15, 0.2) is 0 Å². The number of aromatic nitrogens is 3. The number of benzene rings is 5. The maximum absolute atomic E-state index is 9.75. The van der Waals surface area contributed by atoms with Gasteiger partial charge in [0.2, 0.25) is 0 Å². The van der Waals surface area contributed by atoms with Crippen LogP contribution in [0.5, 0.6) is 0 Å². The molecule has 0 saturated carbocycles. The summed E-state index contributed by atoms with van der Waals surface area (Å²) >= 11 is 0. The molecule has 9 aromatic rings. The van der Waals surface area contributed by atoms with Crippen LogP contribution in [-0.2, 0) is 36.4 Å². The van der Waals surface area contributed by atoms with E-state index in [1.165, 1.54) is 12.1 Å². The SMILES string of the molecule is [2H]c1cc2c(oc3c(-c4cc(C([2H])([2H])[2H])c(C([2H])([2H])C([2H])([2H])c5cc(CC(C)(C)c6ccc(-c7ccccc7)nc6)cc(CC(C)(C)c6ccc(-c7ccccc7)nc6)c5)cn4)cccc32)c([2H])c1C#N. The van der Waals surface area contributed by atoms with Crippen molar-refractivity contribution >= 4 is 21.9 Å². The quantitative estimate of drug-likeness (QED) is 0.123. The number of fused-ring (bicyclic) bond motifs is 3. The molecule has 0 aliphatic heterocycles. The Hall–Kier alpha value is -7.16. The van der Waals surface area contributed by atoms with Gasteiger partial charge >= 0.3 is 0 Å². The minimum Gasteiger partial charge on any atom is -0.455 e. The second kappa shape index (κ2) is 16.7. The summed E-state index contributed by atoms with van der Waals surface area (Å²) < 4.78 is 87.8. The Morgan fingerprint density at radius 3 is 1.79 bits per heavy atom. The first kappa shape index (κ1) is 30.8. The zero-order valence-electron chi connectivity index (χ0n) is 44.0. The van der Waals surface area contributed by atoms with E-state index >= 15 is 0 Å². The van der Waals surface area contributed by atoms with E-state index in [1.54, 1.807) is 30.3 Å². The van der Waals surface area contributed by atoms with Crippen molar-refractivity contribution in [1.29, 1.82) is 5.26 Å². The number of aryl methyl sites for hydroxylation is 3. The van der Waals surface area contributed by atoms with Crippen LogP contribution in [0.1, 0.15) is 84.5 Å². The molecular weight excluding hydrogens is 757 g/mol. The number of hydrogen-bond acceptors (Lipinski definition) is 5. The molecule has 0 unspecified atom stereocenters. The first-order valence-electron chi connectivity index (χ1n) is 25.1. The largest absolute Gasteiger partial charge is 0.455 e. The molecule has 0 N–H and O–H groups in total. The summed E-state index contributed by atoms with van der Waals surface area (Å²) in [5, 5.41) is 10.6. The normalized spacial score (nSPS) is 14.7. The number of rotatable bonds is 12. The molecule has 0 amide bonds. The lowest BCUT2D eigenvalue weighted by Gasteiger charge is -2.28. The van der Waals surface area contributed by atoms with Crippen molar-refractivity contribution in [1.82, 2.24) is 15.0 Å². The number of pyridine rings is 3. The number of nitrogens with zero attached hydrogens (tertiary/aromatic N) is 4. The summed E-state index contributed by atoms with van der Waals surface area (Å²) in [5.41, 5.74) is 5.93. The molecule has 0 radical (unpaired) electrons. The monoisotopic (exact) mass is 815 g/mol. The van der Waals surface area contributed by atoms with E-state index in [0.717, 1.165) is 51.0 Å². The first-order valence-corrected chi connectivity index (χ1v) is 20.6. The topological polar surface area (TPSA) is 75.6 Å². The summed E-state index contributed by atoms with van der Waals surface area (Å²) in [7, 11) is 0. The van der Waals surface area contributed by atoms with E-state index in [2.05, 4.69) is 50.9 Å². The van der Waals surface area contributed by atoms with Gasteiger partial charge in [-0.05, 0) is 125 Å². The fourth-order valence-electron chi connectivity index (χ4n) is 8.18. The molecule has 5 nitrogen and oxygen atoms in total. The lowest BCUT2D eigenvalue weighted by molar-refractivity contribution is 0.512. The van der Waals surface area contributed by atoms with Gasteiger partial charge in [-0.25, -0.2) is 0 Å². The Bertz CT molecular complexity index is 3370. The van der Waals surface area contributed by atoms with Gasteiger partial charge in [-0.3, -0.25) is 15.0 Å². The van der Waals surface area contributed by atoms with Crippen LogP contribution in [0.15, 0.2) is 169 Å². The third kappa shape index (κ3) is 8.42. The summed E-state index contributed by atoms with van der Waals surface area (Å²) in [6.45, 7) is 5.48. The Morgan fingerprint density at radius 2 is 1.23 bits per heavy atom. The van der Waals surface area contributed by atoms with Crippen molar-refractivity contribution < 1.29 is 16.8 Å². The molecule has 5 heteroatoms. The molecule has 5 aromatic carbocycles. The first-order chi connectivity index (χ1) is 33.6. The van der Waals surface area contributed by atoms with Crippen LogP contribution < -0.4 is 0 Å². The average Bonchev–Trinajstić information content (AvgIpc) is 3.72. The Labute approximate surface area is 377 Å². The summed E-state index contributed by atoms with van der Waals surface area (Å²) in [4.78, 5) is 14.2. The van der Waals surface area contributed by atoms with E-state index in [4.69, 9.17) is 21.2 Å². The van der Waals surface area contributed by atoms with Crippen LogP contribution in [0.25, 0.3) is 55.7 Å². The minimum atomic E-state index is -2.94. The van der Waals surface area contributed by atoms with Crippen LogP contribution in [0.3, 0.4) is 0 Å². The molecule has 0 fully saturated rings. The highest BCUT2D eigenvalue weighted by Gasteiger charge is 2.25. The number of hydrogen-bond donors (Lipinski definition) is 0. The van der Waals surface area contributed by atoms with Gasteiger partial charge in [0.25, 0.3) is 0 Å². The lowest BCUT2D eigenvalue weighted by atomic mass is 9.77. The van der Waals surface area contributed by atoms with Gasteiger partial charge in [0.1, 0.15) is 11.2 Å². The van der Waals surface area contributed by atoms with Crippen LogP contribution in [0.4, 0.5) is 0 Å². The Balaban J connectivity index is 1.12. The van der Waals surface area contributed by atoms with Crippen LogP contribution >= 0.6 is 0 Å². The Kier molecular flexibility index (Phi) is 8.30. The van der Waals surface area contributed by atoms with E-state index < -0.39 is 41.6 Å². The molecule has 0 aliphatic carbocycles. The number of nitriles is 1. The fraction of sp³-hybridized carbons (Fsp3) is 0.193. The van der Waals surface area contributed by atoms with Crippen molar-refractivity contribution in [2.75, 3.05) is 0 Å². The standard InChI is InChI=1S/C57H50N4O/c1-38-27-53(50-18-12-17-49-48-24-20-40(34-58)31-54(48)62-55(49)50)59-35-45(38)21-19-39-28-41(32-56(2,3)46-22-25-51(60-36-46)43-13-8-6-9-14-43)30-42(29-39)33-57(4,5)47-23-26-52(61-37-47)44-15-10-7-11-16-44/h6-18,20,22-31,35-37H,19,21,32-33H2,1-5H3/i1D3,19D2,20D,21D2,31D. The van der Waals surface area contributed by atoms with Gasteiger partial charge in [-0.1, -0.05) is 131 Å². The molecule has 4 heterocycles. The third-order valence-electron chi connectivity index (χ3n) is 11.6. The molecule has 0 aliphatic rings. The second-order valence-electron chi connectivity index (χ2n) is 17.0. The zero-order valence-corrected chi connectivity index (χ0v) is 35.0. The van der Waals surface area contributed by atoms with E-state index in [-0.39, 0.29) is 40.1 Å².